The van der Waals surface area contributed by atoms with Crippen LogP contribution in [0.2, 0.25) is 10.2 Å². The number of para-hydroxylation sites is 1. The maximum absolute atomic E-state index is 14.6. The van der Waals surface area contributed by atoms with Crippen LogP contribution < -0.4 is 21.2 Å². The van der Waals surface area contributed by atoms with Crippen molar-refractivity contribution in [3.8, 4) is 16.9 Å². The first kappa shape index (κ1) is 35.6. The Morgan fingerprint density at radius 1 is 0.979 bits per heavy atom. The molecule has 3 unspecified atom stereocenters. The molecule has 48 heavy (non-hydrogen) atoms. The van der Waals surface area contributed by atoms with Gasteiger partial charge in [0.15, 0.2) is 11.8 Å². The maximum atomic E-state index is 14.6. The van der Waals surface area contributed by atoms with Gasteiger partial charge in [-0.1, -0.05) is 102 Å². The van der Waals surface area contributed by atoms with Crippen LogP contribution in [0, 0.1) is 28.6 Å². The summed E-state index contributed by atoms with van der Waals surface area (Å²) in [6, 6.07) is 15.7. The first-order chi connectivity index (χ1) is 22.4. The normalized spacial score (nSPS) is 21.5. The molecular formula is C38H45Cl2N3O5. The highest BCUT2D eigenvalue weighted by Crippen LogP contribution is 2.50. The van der Waals surface area contributed by atoms with Gasteiger partial charge in [-0.15, -0.1) is 0 Å². The number of rotatable bonds is 6. The summed E-state index contributed by atoms with van der Waals surface area (Å²) in [6.45, 7) is 16.9. The lowest BCUT2D eigenvalue weighted by Crippen LogP contribution is -2.49. The summed E-state index contributed by atoms with van der Waals surface area (Å²) in [6.07, 6.45) is 0.464. The van der Waals surface area contributed by atoms with Crippen molar-refractivity contribution in [1.29, 1.82) is 0 Å². The summed E-state index contributed by atoms with van der Waals surface area (Å²) in [5, 5.41) is 11.4. The lowest BCUT2D eigenvalue weighted by molar-refractivity contribution is -0.0922. The monoisotopic (exact) mass is 693 g/mol. The molecule has 3 atom stereocenters. The van der Waals surface area contributed by atoms with Crippen molar-refractivity contribution in [2.24, 2.45) is 28.6 Å². The molecule has 0 radical (unpaired) electrons. The fourth-order valence-electron chi connectivity index (χ4n) is 7.04. The van der Waals surface area contributed by atoms with Gasteiger partial charge in [0.25, 0.3) is 5.56 Å². The summed E-state index contributed by atoms with van der Waals surface area (Å²) in [5.41, 5.74) is 6.11. The van der Waals surface area contributed by atoms with Crippen molar-refractivity contribution >= 4 is 46.4 Å². The van der Waals surface area contributed by atoms with Gasteiger partial charge in [-0.05, 0) is 66.3 Å². The van der Waals surface area contributed by atoms with Crippen molar-refractivity contribution in [3.63, 3.8) is 0 Å². The summed E-state index contributed by atoms with van der Waals surface area (Å²) >= 11 is 13.2. The molecule has 8 nitrogen and oxygen atoms in total. The van der Waals surface area contributed by atoms with Crippen molar-refractivity contribution in [2.45, 2.75) is 80.4 Å². The second-order valence-electron chi connectivity index (χ2n) is 15.2. The van der Waals surface area contributed by atoms with E-state index in [0.717, 1.165) is 17.2 Å². The van der Waals surface area contributed by atoms with Crippen LogP contribution in [0.25, 0.3) is 22.5 Å². The first-order valence-corrected chi connectivity index (χ1v) is 17.1. The van der Waals surface area contributed by atoms with Crippen LogP contribution >= 0.6 is 23.2 Å². The van der Waals surface area contributed by atoms with Crippen LogP contribution in [0.4, 0.5) is 5.82 Å². The molecule has 2 aromatic carbocycles. The number of aliphatic hydroxyl groups is 1. The Morgan fingerprint density at radius 3 is 2.08 bits per heavy atom. The second-order valence-corrected chi connectivity index (χ2v) is 16.0. The fraction of sp³-hybridized carbons (Fsp3) is 0.447. The zero-order valence-electron chi connectivity index (χ0n) is 28.8. The molecule has 1 fully saturated rings. The molecule has 2 heterocycles. The minimum absolute atomic E-state index is 0.0182. The Morgan fingerprint density at radius 2 is 1.54 bits per heavy atom. The number of ether oxygens (including phenoxy) is 2. The number of carbonyl (C=O) groups is 1. The molecule has 1 aliphatic rings. The average Bonchev–Trinajstić information content (AvgIpc) is 3.29. The number of carbonyl (C=O) groups excluding carboxylic acids is 1. The predicted molar refractivity (Wildman–Crippen MR) is 193 cm³/mol. The summed E-state index contributed by atoms with van der Waals surface area (Å²) in [4.78, 5) is 33.3. The van der Waals surface area contributed by atoms with Crippen LogP contribution in [-0.2, 0) is 4.74 Å². The van der Waals surface area contributed by atoms with Gasteiger partial charge in [-0.3, -0.25) is 4.79 Å². The second kappa shape index (κ2) is 13.3. The summed E-state index contributed by atoms with van der Waals surface area (Å²) in [7, 11) is 0. The van der Waals surface area contributed by atoms with E-state index in [9.17, 15) is 14.7 Å². The Labute approximate surface area is 291 Å². The van der Waals surface area contributed by atoms with E-state index in [1.807, 2.05) is 6.07 Å². The molecule has 0 spiro atoms. The Balaban J connectivity index is 1.72. The third-order valence-corrected chi connectivity index (χ3v) is 10.2. The van der Waals surface area contributed by atoms with Gasteiger partial charge < -0.3 is 20.3 Å². The Hall–Kier alpha value is -3.75. The van der Waals surface area contributed by atoms with Gasteiger partial charge in [0.05, 0.1) is 0 Å². The molecule has 1 saturated carbocycles. The summed E-state index contributed by atoms with van der Waals surface area (Å²) in [5.74, 6) is -0.237. The number of halogens is 2. The SMILES string of the molecule is CC1CC(C(C)(C)C)C(OC(=O)c2c(-c3ccc(Cl)cc3)c(Cl)n3c(=O)/c(=C(\O)C(C)Oc4ccccc4)c(N)nc23)C(C(C)(C)C)C1. The minimum Gasteiger partial charge on any atom is -0.507 e. The van der Waals surface area contributed by atoms with Gasteiger partial charge in [0.2, 0.25) is 0 Å². The number of hydrogen-bond acceptors (Lipinski definition) is 7. The average molecular weight is 695 g/mol. The van der Waals surface area contributed by atoms with Gasteiger partial charge in [0, 0.05) is 22.4 Å². The first-order valence-electron chi connectivity index (χ1n) is 16.3. The van der Waals surface area contributed by atoms with E-state index in [1.54, 1.807) is 55.5 Å². The quantitative estimate of drug-likeness (QED) is 0.195. The Bertz CT molecular complexity index is 1900. The lowest BCUT2D eigenvalue weighted by atomic mass is 9.59. The smallest absolute Gasteiger partial charge is 0.342 e. The molecule has 1 aliphatic carbocycles. The third-order valence-electron chi connectivity index (χ3n) is 9.60. The molecule has 256 valence electrons. The van der Waals surface area contributed by atoms with Crippen LogP contribution in [0.1, 0.15) is 78.6 Å². The zero-order valence-corrected chi connectivity index (χ0v) is 30.3. The van der Waals surface area contributed by atoms with Gasteiger partial charge in [-0.2, -0.15) is 0 Å². The highest BCUT2D eigenvalue weighted by Gasteiger charge is 2.48. The van der Waals surface area contributed by atoms with E-state index < -0.39 is 29.5 Å². The molecule has 0 bridgehead atoms. The van der Waals surface area contributed by atoms with Crippen molar-refractivity contribution in [2.75, 3.05) is 5.73 Å². The number of esters is 1. The van der Waals surface area contributed by atoms with Gasteiger partial charge in [0.1, 0.15) is 39.4 Å². The Kier molecular flexibility index (Phi) is 9.84. The topological polar surface area (TPSA) is 116 Å². The standard InChI is InChI=1S/C38H45Cl2N3O5/c1-20-18-25(37(3,4)5)31(26(19-20)38(6,7)8)48-36(46)28-27(22-14-16-23(39)17-15-22)32(40)43-34(28)42-33(41)29(35(43)45)30(44)21(2)47-24-12-10-9-11-13-24/h9-17,20-21,25-26,31,44H,18-19H2,1-8H3,(H2,41,42)/b30-29-. The zero-order chi connectivity index (χ0) is 35.3. The largest absolute Gasteiger partial charge is 0.507 e. The number of aliphatic hydroxyl groups excluding tert-OH is 1. The molecule has 0 amide bonds. The molecule has 0 saturated heterocycles. The number of nitrogens with zero attached hydrogens (tertiary/aromatic N) is 2. The van der Waals surface area contributed by atoms with Gasteiger partial charge in [-0.25, -0.2) is 14.2 Å². The van der Waals surface area contributed by atoms with E-state index >= 15 is 0 Å². The van der Waals surface area contributed by atoms with E-state index in [4.69, 9.17) is 38.4 Å². The predicted octanol–water partition coefficient (Wildman–Crippen LogP) is 8.38. The third kappa shape index (κ3) is 6.88. The van der Waals surface area contributed by atoms with Crippen molar-refractivity contribution in [3.05, 3.63) is 85.9 Å². The van der Waals surface area contributed by atoms with E-state index in [2.05, 4.69) is 53.5 Å². The molecule has 5 rings (SSSR count). The summed E-state index contributed by atoms with van der Waals surface area (Å²) < 4.78 is 13.5. The number of aromatic nitrogens is 2. The number of fused-ring (bicyclic) bond motifs is 1. The number of anilines is 1. The van der Waals surface area contributed by atoms with Crippen LogP contribution in [0.3, 0.4) is 0 Å². The van der Waals surface area contributed by atoms with Crippen molar-refractivity contribution < 1.29 is 19.4 Å². The van der Waals surface area contributed by atoms with E-state index in [-0.39, 0.29) is 55.6 Å². The molecule has 0 aliphatic heterocycles. The fourth-order valence-corrected chi connectivity index (χ4v) is 7.53. The molecule has 2 aromatic heterocycles. The van der Waals surface area contributed by atoms with Crippen LogP contribution in [-0.4, -0.2) is 32.7 Å². The number of benzene rings is 2. The number of hydrogen-bond donors (Lipinski definition) is 2. The van der Waals surface area contributed by atoms with E-state index in [1.165, 1.54) is 0 Å². The van der Waals surface area contributed by atoms with Crippen molar-refractivity contribution in [1.82, 2.24) is 9.38 Å². The van der Waals surface area contributed by atoms with Gasteiger partial charge >= 0.3 is 5.97 Å². The maximum Gasteiger partial charge on any atom is 0.342 e. The highest BCUT2D eigenvalue weighted by molar-refractivity contribution is 6.34. The molecular weight excluding hydrogens is 649 g/mol. The number of nitrogen functional groups attached to an aromatic ring is 1. The van der Waals surface area contributed by atoms with Crippen LogP contribution in [0.15, 0.2) is 59.4 Å². The molecule has 10 heteroatoms. The molecule has 3 N–H and O–H groups in total. The van der Waals surface area contributed by atoms with Crippen LogP contribution in [0.5, 0.6) is 5.75 Å². The van der Waals surface area contributed by atoms with E-state index in [0.29, 0.717) is 22.3 Å². The highest BCUT2D eigenvalue weighted by atomic mass is 35.5. The number of nitrogens with two attached hydrogens (primary N) is 1. The minimum atomic E-state index is -0.950. The molecule has 4 aromatic rings. The lowest BCUT2D eigenvalue weighted by Gasteiger charge is -2.50.